The van der Waals surface area contributed by atoms with E-state index >= 15 is 0 Å². The van der Waals surface area contributed by atoms with Gasteiger partial charge in [0.05, 0.1) is 0 Å². The van der Waals surface area contributed by atoms with Crippen LogP contribution in [0.25, 0.3) is 0 Å². The minimum atomic E-state index is -1.50. The second kappa shape index (κ2) is 9.19. The molecular formula is H3BrNNaO3. The van der Waals surface area contributed by atoms with Crippen LogP contribution in [0.4, 0.5) is 0 Å². The number of nitrogens with zero attached hydrogens (tertiary/aromatic N) is 1. The van der Waals surface area contributed by atoms with Crippen LogP contribution < -0.4 is 0 Å². The van der Waals surface area contributed by atoms with Crippen LogP contribution in [0.2, 0.25) is 0 Å². The molecule has 0 rings (SSSR count). The Labute approximate surface area is 66.7 Å². The van der Waals surface area contributed by atoms with Crippen molar-refractivity contribution in [2.75, 3.05) is 0 Å². The Kier molecular flexibility index (Phi) is 24.4. The van der Waals surface area contributed by atoms with Gasteiger partial charge in [-0.2, -0.15) is 0 Å². The van der Waals surface area contributed by atoms with Crippen molar-refractivity contribution >= 4 is 46.5 Å². The summed E-state index contributed by atoms with van der Waals surface area (Å²) in [5.74, 6) is 0. The molecule has 0 aromatic carbocycles. The molecule has 0 aromatic rings. The van der Waals surface area contributed by atoms with Crippen LogP contribution >= 0.6 is 17.0 Å². The van der Waals surface area contributed by atoms with E-state index < -0.39 is 5.09 Å². The van der Waals surface area contributed by atoms with Crippen molar-refractivity contribution in [3.8, 4) is 0 Å². The summed E-state index contributed by atoms with van der Waals surface area (Å²) in [7, 11) is 0. The molecule has 0 heterocycles. The van der Waals surface area contributed by atoms with E-state index in [2.05, 4.69) is 0 Å². The van der Waals surface area contributed by atoms with E-state index in [1.807, 2.05) is 0 Å². The van der Waals surface area contributed by atoms with E-state index in [-0.39, 0.29) is 46.5 Å². The topological polar surface area (TPSA) is 63.4 Å². The van der Waals surface area contributed by atoms with Crippen LogP contribution in [0.1, 0.15) is 0 Å². The molecular weight excluding hydrogens is 165 g/mol. The Morgan fingerprint density at radius 1 is 1.67 bits per heavy atom. The molecule has 0 amide bonds. The zero-order chi connectivity index (χ0) is 3.58. The van der Waals surface area contributed by atoms with Crippen LogP contribution in [0.15, 0.2) is 0 Å². The first-order chi connectivity index (χ1) is 1.73. The van der Waals surface area contributed by atoms with E-state index in [4.69, 9.17) is 15.3 Å². The van der Waals surface area contributed by atoms with E-state index in [0.717, 1.165) is 0 Å². The zero-order valence-electron chi connectivity index (χ0n) is 2.12. The van der Waals surface area contributed by atoms with Gasteiger partial charge in [0, 0.05) is 0 Å². The molecule has 0 unspecified atom stereocenters. The molecule has 0 spiro atoms. The van der Waals surface area contributed by atoms with Gasteiger partial charge < -0.3 is 5.21 Å². The molecule has 0 atom stereocenters. The predicted octanol–water partition coefficient (Wildman–Crippen LogP) is -0.418. The van der Waals surface area contributed by atoms with Gasteiger partial charge in [0.2, 0.25) is 0 Å². The Hall–Kier alpha value is 0.680. The van der Waals surface area contributed by atoms with E-state index in [1.54, 1.807) is 0 Å². The maximum absolute atomic E-state index is 8.36. The first-order valence-corrected chi connectivity index (χ1v) is 0.565. The van der Waals surface area contributed by atoms with Gasteiger partial charge in [-0.1, -0.05) is 0 Å². The number of hydrogen-bond donors (Lipinski definition) is 1. The molecule has 6 heavy (non-hydrogen) atoms. The van der Waals surface area contributed by atoms with Crippen LogP contribution in [-0.4, -0.2) is 39.9 Å². The molecule has 0 fully saturated rings. The summed E-state index contributed by atoms with van der Waals surface area (Å²) < 4.78 is 0. The number of halogens is 1. The Balaban J connectivity index is -0.0000000450. The van der Waals surface area contributed by atoms with Crippen LogP contribution in [0, 0.1) is 10.1 Å². The van der Waals surface area contributed by atoms with Crippen molar-refractivity contribution in [1.29, 1.82) is 0 Å². The van der Waals surface area contributed by atoms with Gasteiger partial charge in [0.25, 0.3) is 5.09 Å². The van der Waals surface area contributed by atoms with E-state index in [1.165, 1.54) is 0 Å². The van der Waals surface area contributed by atoms with Gasteiger partial charge in [0.1, 0.15) is 0 Å². The SMILES string of the molecule is Br.O=[N+]([O-])O.[NaH]. The van der Waals surface area contributed by atoms with E-state index in [0.29, 0.717) is 0 Å². The molecule has 0 saturated heterocycles. The second-order valence-corrected chi connectivity index (χ2v) is 0.238. The van der Waals surface area contributed by atoms with Crippen molar-refractivity contribution in [2.45, 2.75) is 0 Å². The second-order valence-electron chi connectivity index (χ2n) is 0.238. The van der Waals surface area contributed by atoms with Gasteiger partial charge in [-0.05, 0) is 0 Å². The average molecular weight is 168 g/mol. The molecule has 34 valence electrons. The average Bonchev–Trinajstić information content (AvgIpc) is 0.811. The fourth-order valence-corrected chi connectivity index (χ4v) is 0. The molecule has 0 aliphatic carbocycles. The minimum absolute atomic E-state index is 0. The molecule has 0 aliphatic rings. The van der Waals surface area contributed by atoms with Crippen molar-refractivity contribution in [3.05, 3.63) is 10.1 Å². The summed E-state index contributed by atoms with van der Waals surface area (Å²) in [5, 5.41) is 13.6. The summed E-state index contributed by atoms with van der Waals surface area (Å²) >= 11 is 0. The Bertz CT molecular complexity index is 33.8. The quantitative estimate of drug-likeness (QED) is 0.303. The summed E-state index contributed by atoms with van der Waals surface area (Å²) in [6.45, 7) is 0. The molecule has 4 nitrogen and oxygen atoms in total. The monoisotopic (exact) mass is 167 g/mol. The third-order valence-electron chi connectivity index (χ3n) is 0. The first kappa shape index (κ1) is 15.9. The van der Waals surface area contributed by atoms with Gasteiger partial charge in [-0.3, -0.25) is 0 Å². The predicted molar refractivity (Wildman–Crippen MR) is 26.3 cm³/mol. The fourth-order valence-electron chi connectivity index (χ4n) is 0. The standard InChI is InChI=1S/BrH.HNO3.Na.H/c;2-1(3)4;;/h1H;(H,2,3,4);;. The van der Waals surface area contributed by atoms with Crippen molar-refractivity contribution in [1.82, 2.24) is 0 Å². The summed E-state index contributed by atoms with van der Waals surface area (Å²) in [4.78, 5) is 8.36. The van der Waals surface area contributed by atoms with Crippen molar-refractivity contribution in [2.24, 2.45) is 0 Å². The Morgan fingerprint density at radius 3 is 1.67 bits per heavy atom. The molecule has 0 aliphatic heterocycles. The molecule has 6 heteroatoms. The summed E-state index contributed by atoms with van der Waals surface area (Å²) in [6.07, 6.45) is 0. The van der Waals surface area contributed by atoms with Crippen molar-refractivity contribution in [3.63, 3.8) is 0 Å². The van der Waals surface area contributed by atoms with Gasteiger partial charge in [-0.25, -0.2) is 0 Å². The molecule has 1 N–H and O–H groups in total. The zero-order valence-corrected chi connectivity index (χ0v) is 3.83. The van der Waals surface area contributed by atoms with Crippen LogP contribution in [0.3, 0.4) is 0 Å². The Morgan fingerprint density at radius 2 is 1.67 bits per heavy atom. The molecule has 0 aromatic heterocycles. The van der Waals surface area contributed by atoms with Gasteiger partial charge in [0.15, 0.2) is 0 Å². The normalized spacial score (nSPS) is 4.00. The fraction of sp³-hybridized carbons (Fsp3) is 0. The van der Waals surface area contributed by atoms with Crippen LogP contribution in [-0.2, 0) is 0 Å². The molecule has 0 radical (unpaired) electrons. The van der Waals surface area contributed by atoms with Gasteiger partial charge in [-0.15, -0.1) is 27.1 Å². The number of hydrogen-bond acceptors (Lipinski definition) is 2. The summed E-state index contributed by atoms with van der Waals surface area (Å²) in [5.41, 5.74) is 0. The number of rotatable bonds is 0. The third kappa shape index (κ3) is 137. The molecule has 0 bridgehead atoms. The van der Waals surface area contributed by atoms with E-state index in [9.17, 15) is 0 Å². The maximum atomic E-state index is 8.36. The molecule has 0 saturated carbocycles. The van der Waals surface area contributed by atoms with Crippen LogP contribution in [0.5, 0.6) is 0 Å². The first-order valence-electron chi connectivity index (χ1n) is 0.565. The van der Waals surface area contributed by atoms with Gasteiger partial charge >= 0.3 is 29.6 Å². The van der Waals surface area contributed by atoms with Crippen molar-refractivity contribution < 1.29 is 10.3 Å². The summed E-state index contributed by atoms with van der Waals surface area (Å²) in [6, 6.07) is 0. The third-order valence-corrected chi connectivity index (χ3v) is 0.